The van der Waals surface area contributed by atoms with Crippen LogP contribution in [0.4, 0.5) is 0 Å². The van der Waals surface area contributed by atoms with E-state index in [4.69, 9.17) is 14.6 Å². The highest BCUT2D eigenvalue weighted by Gasteiger charge is 2.52. The van der Waals surface area contributed by atoms with E-state index >= 15 is 0 Å². The van der Waals surface area contributed by atoms with Crippen LogP contribution < -0.4 is 0 Å². The zero-order valence-corrected chi connectivity index (χ0v) is 8.32. The molecule has 0 bridgehead atoms. The summed E-state index contributed by atoms with van der Waals surface area (Å²) in [4.78, 5) is 0. The number of ether oxygens (including phenoxy) is 2. The summed E-state index contributed by atoms with van der Waals surface area (Å²) in [6, 6.07) is 0. The Morgan fingerprint density at radius 1 is 1.54 bits per heavy atom. The molecule has 1 N–H and O–H groups in total. The SMILES string of the molecule is COC[C@@]1(C/C=C/CCO)O[C@@H]1C. The van der Waals surface area contributed by atoms with E-state index in [1.165, 1.54) is 0 Å². The van der Waals surface area contributed by atoms with Gasteiger partial charge in [-0.05, 0) is 19.8 Å². The lowest BCUT2D eigenvalue weighted by Crippen LogP contribution is -2.20. The standard InChI is InChI=1S/C10H18O3/c1-9-10(13-9,8-12-2)6-4-3-5-7-11/h3-4,9,11H,5-8H2,1-2H3/b4-3+/t9-,10-/m1/s1. The van der Waals surface area contributed by atoms with Crippen molar-refractivity contribution in [3.63, 3.8) is 0 Å². The molecule has 0 amide bonds. The van der Waals surface area contributed by atoms with E-state index in [-0.39, 0.29) is 12.2 Å². The maximum absolute atomic E-state index is 8.56. The topological polar surface area (TPSA) is 42.0 Å². The average Bonchev–Trinajstić information content (AvgIpc) is 2.72. The van der Waals surface area contributed by atoms with Crippen molar-refractivity contribution in [3.05, 3.63) is 12.2 Å². The second kappa shape index (κ2) is 4.74. The molecule has 0 unspecified atom stereocenters. The van der Waals surface area contributed by atoms with E-state index in [1.807, 2.05) is 6.08 Å². The zero-order chi connectivity index (χ0) is 9.73. The monoisotopic (exact) mass is 186 g/mol. The molecule has 1 aliphatic rings. The Bertz CT molecular complexity index is 179. The average molecular weight is 186 g/mol. The number of hydrogen-bond acceptors (Lipinski definition) is 3. The summed E-state index contributed by atoms with van der Waals surface area (Å²) in [6.45, 7) is 2.92. The van der Waals surface area contributed by atoms with Crippen LogP contribution in [0.5, 0.6) is 0 Å². The summed E-state index contributed by atoms with van der Waals surface area (Å²) in [6.07, 6.45) is 5.93. The van der Waals surface area contributed by atoms with Crippen LogP contribution in [-0.4, -0.2) is 37.1 Å². The van der Waals surface area contributed by atoms with Gasteiger partial charge in [-0.15, -0.1) is 0 Å². The molecule has 1 fully saturated rings. The van der Waals surface area contributed by atoms with E-state index in [1.54, 1.807) is 7.11 Å². The number of aliphatic hydroxyl groups excluding tert-OH is 1. The lowest BCUT2D eigenvalue weighted by Gasteiger charge is -2.07. The highest BCUT2D eigenvalue weighted by atomic mass is 16.6. The van der Waals surface area contributed by atoms with Crippen molar-refractivity contribution in [3.8, 4) is 0 Å². The molecule has 76 valence electrons. The molecule has 3 nitrogen and oxygen atoms in total. The largest absolute Gasteiger partial charge is 0.396 e. The highest BCUT2D eigenvalue weighted by molar-refractivity contribution is 5.05. The number of rotatable bonds is 6. The third-order valence-electron chi connectivity index (χ3n) is 2.41. The molecule has 0 radical (unpaired) electrons. The van der Waals surface area contributed by atoms with Crippen molar-refractivity contribution in [1.29, 1.82) is 0 Å². The van der Waals surface area contributed by atoms with Gasteiger partial charge in [-0.2, -0.15) is 0 Å². The van der Waals surface area contributed by atoms with Crippen molar-refractivity contribution in [2.45, 2.75) is 31.5 Å². The summed E-state index contributed by atoms with van der Waals surface area (Å²) in [5, 5.41) is 8.56. The van der Waals surface area contributed by atoms with Crippen molar-refractivity contribution in [2.24, 2.45) is 0 Å². The minimum absolute atomic E-state index is 0.0826. The van der Waals surface area contributed by atoms with Crippen LogP contribution in [0.3, 0.4) is 0 Å². The van der Waals surface area contributed by atoms with Gasteiger partial charge in [-0.25, -0.2) is 0 Å². The third-order valence-corrected chi connectivity index (χ3v) is 2.41. The predicted molar refractivity (Wildman–Crippen MR) is 50.6 cm³/mol. The fourth-order valence-corrected chi connectivity index (χ4v) is 1.46. The molecule has 0 saturated carbocycles. The first-order valence-corrected chi connectivity index (χ1v) is 4.68. The second-order valence-corrected chi connectivity index (χ2v) is 3.45. The van der Waals surface area contributed by atoms with Crippen molar-refractivity contribution < 1.29 is 14.6 Å². The van der Waals surface area contributed by atoms with E-state index in [0.29, 0.717) is 12.7 Å². The number of aliphatic hydroxyl groups is 1. The molecule has 1 rings (SSSR count). The summed E-state index contributed by atoms with van der Waals surface area (Å²) in [5.74, 6) is 0. The first-order valence-electron chi connectivity index (χ1n) is 4.68. The summed E-state index contributed by atoms with van der Waals surface area (Å²) in [5.41, 5.74) is -0.0826. The van der Waals surface area contributed by atoms with Gasteiger partial charge in [-0.3, -0.25) is 0 Å². The van der Waals surface area contributed by atoms with Crippen LogP contribution in [0.2, 0.25) is 0 Å². The highest BCUT2D eigenvalue weighted by Crippen LogP contribution is 2.39. The van der Waals surface area contributed by atoms with Crippen LogP contribution in [0, 0.1) is 0 Å². The number of hydrogen-bond donors (Lipinski definition) is 1. The second-order valence-electron chi connectivity index (χ2n) is 3.45. The summed E-state index contributed by atoms with van der Waals surface area (Å²) < 4.78 is 10.6. The normalized spacial score (nSPS) is 32.7. The molecule has 0 aromatic carbocycles. The fraction of sp³-hybridized carbons (Fsp3) is 0.800. The van der Waals surface area contributed by atoms with E-state index in [2.05, 4.69) is 13.0 Å². The van der Waals surface area contributed by atoms with Crippen LogP contribution in [0.25, 0.3) is 0 Å². The lowest BCUT2D eigenvalue weighted by molar-refractivity contribution is 0.122. The molecular weight excluding hydrogens is 168 g/mol. The Hall–Kier alpha value is -0.380. The first kappa shape index (κ1) is 10.7. The lowest BCUT2D eigenvalue weighted by atomic mass is 10.0. The van der Waals surface area contributed by atoms with Gasteiger partial charge in [0, 0.05) is 13.7 Å². The Morgan fingerprint density at radius 2 is 2.23 bits per heavy atom. The third kappa shape index (κ3) is 2.79. The smallest absolute Gasteiger partial charge is 0.121 e. The van der Waals surface area contributed by atoms with Gasteiger partial charge in [0.25, 0.3) is 0 Å². The molecule has 1 heterocycles. The van der Waals surface area contributed by atoms with E-state index in [9.17, 15) is 0 Å². The van der Waals surface area contributed by atoms with Crippen LogP contribution in [0.1, 0.15) is 19.8 Å². The summed E-state index contributed by atoms with van der Waals surface area (Å²) in [7, 11) is 1.69. The number of methoxy groups -OCH3 is 1. The van der Waals surface area contributed by atoms with Gasteiger partial charge in [0.1, 0.15) is 5.60 Å². The molecular formula is C10H18O3. The predicted octanol–water partition coefficient (Wildman–Crippen LogP) is 1.12. The quantitative estimate of drug-likeness (QED) is 0.499. The van der Waals surface area contributed by atoms with Crippen LogP contribution in [0.15, 0.2) is 12.2 Å². The maximum Gasteiger partial charge on any atom is 0.121 e. The molecule has 0 aromatic heterocycles. The molecule has 1 saturated heterocycles. The molecule has 0 spiro atoms. The van der Waals surface area contributed by atoms with Gasteiger partial charge in [0.2, 0.25) is 0 Å². The zero-order valence-electron chi connectivity index (χ0n) is 8.32. The van der Waals surface area contributed by atoms with Gasteiger partial charge in [0.15, 0.2) is 0 Å². The Labute approximate surface area is 79.3 Å². The molecule has 1 aliphatic heterocycles. The van der Waals surface area contributed by atoms with Gasteiger partial charge in [0.05, 0.1) is 12.7 Å². The molecule has 3 heteroatoms. The molecule has 0 aliphatic carbocycles. The van der Waals surface area contributed by atoms with Crippen LogP contribution >= 0.6 is 0 Å². The first-order chi connectivity index (χ1) is 6.25. The Morgan fingerprint density at radius 3 is 2.69 bits per heavy atom. The van der Waals surface area contributed by atoms with Crippen molar-refractivity contribution >= 4 is 0 Å². The van der Waals surface area contributed by atoms with E-state index in [0.717, 1.165) is 12.8 Å². The van der Waals surface area contributed by atoms with Crippen molar-refractivity contribution in [1.82, 2.24) is 0 Å². The Balaban J connectivity index is 2.25. The van der Waals surface area contributed by atoms with Crippen LogP contribution in [-0.2, 0) is 9.47 Å². The Kier molecular flexibility index (Phi) is 3.90. The van der Waals surface area contributed by atoms with Crippen molar-refractivity contribution in [2.75, 3.05) is 20.3 Å². The summed E-state index contributed by atoms with van der Waals surface area (Å²) >= 11 is 0. The minimum Gasteiger partial charge on any atom is -0.396 e. The minimum atomic E-state index is -0.0826. The van der Waals surface area contributed by atoms with Gasteiger partial charge in [-0.1, -0.05) is 12.2 Å². The van der Waals surface area contributed by atoms with E-state index < -0.39 is 0 Å². The van der Waals surface area contributed by atoms with Gasteiger partial charge < -0.3 is 14.6 Å². The molecule has 2 atom stereocenters. The fourth-order valence-electron chi connectivity index (χ4n) is 1.46. The molecule has 13 heavy (non-hydrogen) atoms. The molecule has 0 aromatic rings. The van der Waals surface area contributed by atoms with Gasteiger partial charge >= 0.3 is 0 Å². The number of epoxide rings is 1. The maximum atomic E-state index is 8.56.